The average molecular weight is 464 g/mol. The van der Waals surface area contributed by atoms with Crippen molar-refractivity contribution in [2.24, 2.45) is 7.05 Å². The van der Waals surface area contributed by atoms with Gasteiger partial charge in [-0.15, -0.1) is 0 Å². The largest absolute Gasteiger partial charge is 0.497 e. The highest BCUT2D eigenvalue weighted by Crippen LogP contribution is 2.40. The van der Waals surface area contributed by atoms with Gasteiger partial charge in [-0.05, 0) is 29.8 Å². The van der Waals surface area contributed by atoms with Crippen LogP contribution in [0.5, 0.6) is 5.75 Å². The van der Waals surface area contributed by atoms with Crippen molar-refractivity contribution in [1.82, 2.24) is 24.3 Å². The molecule has 2 aliphatic rings. The Morgan fingerprint density at radius 2 is 2.03 bits per heavy atom. The van der Waals surface area contributed by atoms with E-state index in [1.807, 2.05) is 69.9 Å². The molecule has 3 aromatic rings. The van der Waals surface area contributed by atoms with Gasteiger partial charge >= 0.3 is 0 Å². The van der Waals surface area contributed by atoms with Gasteiger partial charge in [0, 0.05) is 58.1 Å². The molecule has 34 heavy (non-hydrogen) atoms. The van der Waals surface area contributed by atoms with Crippen molar-refractivity contribution >= 4 is 11.8 Å². The van der Waals surface area contributed by atoms with Gasteiger partial charge in [0.05, 0.1) is 13.7 Å². The fourth-order valence-electron chi connectivity index (χ4n) is 4.88. The quantitative estimate of drug-likeness (QED) is 0.626. The van der Waals surface area contributed by atoms with Crippen LogP contribution in [0.1, 0.15) is 34.7 Å². The number of carbonyl (C=O) groups excluding carboxylic acids is 2. The van der Waals surface area contributed by atoms with Crippen molar-refractivity contribution < 1.29 is 19.1 Å². The highest BCUT2D eigenvalue weighted by atomic mass is 16.5. The van der Waals surface area contributed by atoms with Crippen LogP contribution in [-0.4, -0.2) is 57.1 Å². The Hall–Kier alpha value is -3.59. The Balaban J connectivity index is 1.28. The predicted molar refractivity (Wildman–Crippen MR) is 124 cm³/mol. The number of aromatic nitrogens is 3. The van der Waals surface area contributed by atoms with Crippen molar-refractivity contribution in [2.75, 3.05) is 20.2 Å². The molecule has 1 atom stereocenters. The standard InChI is InChI=1S/C25H29N5O4/c1-28-11-4-7-20(28)23(32)29-12-8-25(9-13-29)24-26-10-14-30(24)17-21(34-25)22(31)27-16-18-5-3-6-19(15-18)33-2/h3-7,10-11,14-15,21H,8-9,12-13,16-17H2,1-2H3,(H,27,31)/t21-/m1/s1. The second kappa shape index (κ2) is 8.98. The van der Waals surface area contributed by atoms with Gasteiger partial charge in [0.15, 0.2) is 6.10 Å². The van der Waals surface area contributed by atoms with E-state index in [2.05, 4.69) is 10.3 Å². The topological polar surface area (TPSA) is 90.6 Å². The van der Waals surface area contributed by atoms with Crippen LogP contribution < -0.4 is 10.1 Å². The summed E-state index contributed by atoms with van der Waals surface area (Å²) < 4.78 is 15.6. The minimum Gasteiger partial charge on any atom is -0.497 e. The molecular weight excluding hydrogens is 434 g/mol. The van der Waals surface area contributed by atoms with Gasteiger partial charge in [0.2, 0.25) is 0 Å². The maximum Gasteiger partial charge on any atom is 0.270 e. The first-order chi connectivity index (χ1) is 16.5. The number of nitrogens with zero attached hydrogens (tertiary/aromatic N) is 4. The first-order valence-electron chi connectivity index (χ1n) is 11.5. The zero-order valence-corrected chi connectivity index (χ0v) is 19.4. The molecule has 1 N–H and O–H groups in total. The van der Waals surface area contributed by atoms with E-state index in [-0.39, 0.29) is 11.8 Å². The summed E-state index contributed by atoms with van der Waals surface area (Å²) >= 11 is 0. The molecule has 0 bridgehead atoms. The molecule has 0 unspecified atom stereocenters. The van der Waals surface area contributed by atoms with Crippen molar-refractivity contribution in [3.8, 4) is 5.75 Å². The van der Waals surface area contributed by atoms with Crippen molar-refractivity contribution in [1.29, 1.82) is 0 Å². The zero-order chi connectivity index (χ0) is 23.7. The summed E-state index contributed by atoms with van der Waals surface area (Å²) in [7, 11) is 3.49. The molecule has 2 amide bonds. The smallest absolute Gasteiger partial charge is 0.270 e. The molecule has 2 aliphatic heterocycles. The number of hydrogen-bond donors (Lipinski definition) is 1. The predicted octanol–water partition coefficient (Wildman–Crippen LogP) is 2.08. The fraction of sp³-hybridized carbons (Fsp3) is 0.400. The Labute approximate surface area is 198 Å². The molecule has 9 nitrogen and oxygen atoms in total. The summed E-state index contributed by atoms with van der Waals surface area (Å²) in [6.45, 7) is 1.87. The third kappa shape index (κ3) is 4.07. The van der Waals surface area contributed by atoms with Crippen LogP contribution in [0.4, 0.5) is 0 Å². The lowest BCUT2D eigenvalue weighted by Crippen LogP contribution is -2.54. The van der Waals surface area contributed by atoms with E-state index in [0.29, 0.717) is 44.7 Å². The molecule has 1 aromatic carbocycles. The number of amides is 2. The number of nitrogens with one attached hydrogen (secondary N) is 1. The maximum absolute atomic E-state index is 13.1. The lowest BCUT2D eigenvalue weighted by Gasteiger charge is -2.45. The third-order valence-electron chi connectivity index (χ3n) is 6.77. The number of carbonyl (C=O) groups is 2. The first-order valence-corrected chi connectivity index (χ1v) is 11.5. The van der Waals surface area contributed by atoms with Gasteiger partial charge in [-0.25, -0.2) is 4.98 Å². The van der Waals surface area contributed by atoms with E-state index in [1.165, 1.54) is 0 Å². The molecular formula is C25H29N5O4. The van der Waals surface area contributed by atoms with Gasteiger partial charge in [-0.1, -0.05) is 12.1 Å². The lowest BCUT2D eigenvalue weighted by atomic mass is 9.88. The van der Waals surface area contributed by atoms with Crippen molar-refractivity contribution in [3.63, 3.8) is 0 Å². The molecule has 0 aliphatic carbocycles. The molecule has 1 spiro atoms. The van der Waals surface area contributed by atoms with Gasteiger partial charge in [-0.3, -0.25) is 9.59 Å². The molecule has 0 saturated carbocycles. The summed E-state index contributed by atoms with van der Waals surface area (Å²) in [6, 6.07) is 11.3. The van der Waals surface area contributed by atoms with Crippen LogP contribution in [0.15, 0.2) is 55.0 Å². The second-order valence-corrected chi connectivity index (χ2v) is 8.87. The summed E-state index contributed by atoms with van der Waals surface area (Å²) in [4.78, 5) is 32.4. The van der Waals surface area contributed by atoms with Gasteiger partial charge in [0.25, 0.3) is 11.8 Å². The van der Waals surface area contributed by atoms with E-state index in [0.717, 1.165) is 17.1 Å². The molecule has 1 saturated heterocycles. The molecule has 1 fully saturated rings. The number of aryl methyl sites for hydroxylation is 1. The number of hydrogen-bond acceptors (Lipinski definition) is 5. The summed E-state index contributed by atoms with van der Waals surface area (Å²) in [5, 5.41) is 3.00. The van der Waals surface area contributed by atoms with Crippen LogP contribution in [0.25, 0.3) is 0 Å². The number of ether oxygens (including phenoxy) is 2. The number of likely N-dealkylation sites (tertiary alicyclic amines) is 1. The summed E-state index contributed by atoms with van der Waals surface area (Å²) in [5.74, 6) is 1.42. The van der Waals surface area contributed by atoms with Crippen LogP contribution in [0.3, 0.4) is 0 Å². The number of imidazole rings is 1. The van der Waals surface area contributed by atoms with Gasteiger partial charge < -0.3 is 28.8 Å². The minimum atomic E-state index is -0.690. The van der Waals surface area contributed by atoms with Crippen molar-refractivity contribution in [3.05, 3.63) is 72.1 Å². The van der Waals surface area contributed by atoms with Crippen LogP contribution in [0, 0.1) is 0 Å². The van der Waals surface area contributed by atoms with E-state index in [4.69, 9.17) is 9.47 Å². The Morgan fingerprint density at radius 1 is 1.21 bits per heavy atom. The molecule has 4 heterocycles. The average Bonchev–Trinajstić information content (AvgIpc) is 3.52. The van der Waals surface area contributed by atoms with Crippen LogP contribution in [-0.2, 0) is 35.3 Å². The van der Waals surface area contributed by atoms with Crippen LogP contribution in [0.2, 0.25) is 0 Å². The van der Waals surface area contributed by atoms with E-state index >= 15 is 0 Å². The number of piperidine rings is 1. The molecule has 9 heteroatoms. The third-order valence-corrected chi connectivity index (χ3v) is 6.77. The summed E-state index contributed by atoms with van der Waals surface area (Å²) in [5.41, 5.74) is 0.927. The lowest BCUT2D eigenvalue weighted by molar-refractivity contribution is -0.172. The number of rotatable bonds is 5. The number of benzene rings is 1. The molecule has 0 radical (unpaired) electrons. The normalized spacial score (nSPS) is 19.0. The van der Waals surface area contributed by atoms with E-state index < -0.39 is 11.7 Å². The monoisotopic (exact) mass is 463 g/mol. The van der Waals surface area contributed by atoms with Crippen LogP contribution >= 0.6 is 0 Å². The minimum absolute atomic E-state index is 0.00841. The molecule has 5 rings (SSSR count). The molecule has 2 aromatic heterocycles. The summed E-state index contributed by atoms with van der Waals surface area (Å²) in [6.07, 6.45) is 6.04. The SMILES string of the molecule is COc1cccc(CNC(=O)[C@H]2Cn3ccnc3C3(CCN(C(=O)c4cccn4C)CC3)O2)c1. The Morgan fingerprint density at radius 3 is 2.76 bits per heavy atom. The van der Waals surface area contributed by atoms with Crippen molar-refractivity contribution in [2.45, 2.75) is 37.6 Å². The fourth-order valence-corrected chi connectivity index (χ4v) is 4.88. The van der Waals surface area contributed by atoms with Gasteiger partial charge in [0.1, 0.15) is 22.9 Å². The van der Waals surface area contributed by atoms with Gasteiger partial charge in [-0.2, -0.15) is 0 Å². The zero-order valence-electron chi connectivity index (χ0n) is 19.4. The number of fused-ring (bicyclic) bond motifs is 2. The Kier molecular flexibility index (Phi) is 5.87. The second-order valence-electron chi connectivity index (χ2n) is 8.87. The first kappa shape index (κ1) is 22.2. The highest BCUT2D eigenvalue weighted by Gasteiger charge is 2.47. The van der Waals surface area contributed by atoms with E-state index in [1.54, 1.807) is 13.3 Å². The number of methoxy groups -OCH3 is 1. The highest BCUT2D eigenvalue weighted by molar-refractivity contribution is 5.92. The van der Waals surface area contributed by atoms with E-state index in [9.17, 15) is 9.59 Å². The molecule has 178 valence electrons. The Bertz CT molecular complexity index is 1190. The maximum atomic E-state index is 13.1.